The second-order valence-corrected chi connectivity index (χ2v) is 5.69. The third-order valence-electron chi connectivity index (χ3n) is 4.72. The molecule has 0 spiro atoms. The Labute approximate surface area is 110 Å². The monoisotopic (exact) mass is 253 g/mol. The van der Waals surface area contributed by atoms with Crippen LogP contribution in [0.2, 0.25) is 0 Å². The molecule has 3 atom stereocenters. The van der Waals surface area contributed by atoms with Crippen LogP contribution >= 0.6 is 0 Å². The molecule has 2 aliphatic rings. The van der Waals surface area contributed by atoms with Gasteiger partial charge in [-0.05, 0) is 39.0 Å². The molecular formula is C14H27N3O. The van der Waals surface area contributed by atoms with Gasteiger partial charge in [0.15, 0.2) is 0 Å². The van der Waals surface area contributed by atoms with E-state index >= 15 is 0 Å². The molecule has 2 N–H and O–H groups in total. The number of nitrogens with two attached hydrogens (primary N) is 1. The number of rotatable bonds is 6. The van der Waals surface area contributed by atoms with Gasteiger partial charge in [0.05, 0.1) is 0 Å². The van der Waals surface area contributed by atoms with Gasteiger partial charge >= 0.3 is 0 Å². The Morgan fingerprint density at radius 1 is 1.39 bits per heavy atom. The molecule has 0 aromatic rings. The molecule has 4 heteroatoms. The molecule has 1 aliphatic heterocycles. The molecule has 1 amide bonds. The van der Waals surface area contributed by atoms with Gasteiger partial charge in [-0.2, -0.15) is 0 Å². The van der Waals surface area contributed by atoms with Gasteiger partial charge in [-0.1, -0.05) is 0 Å². The van der Waals surface area contributed by atoms with E-state index in [1.165, 1.54) is 19.3 Å². The molecule has 2 fully saturated rings. The molecule has 1 heterocycles. The average molecular weight is 253 g/mol. The van der Waals surface area contributed by atoms with Gasteiger partial charge in [-0.15, -0.1) is 0 Å². The van der Waals surface area contributed by atoms with E-state index in [0.717, 1.165) is 25.6 Å². The molecule has 0 radical (unpaired) electrons. The van der Waals surface area contributed by atoms with Crippen LogP contribution in [0.1, 0.15) is 39.5 Å². The Balaban J connectivity index is 1.91. The molecule has 1 aliphatic carbocycles. The van der Waals surface area contributed by atoms with Crippen LogP contribution < -0.4 is 5.73 Å². The van der Waals surface area contributed by atoms with Crippen LogP contribution in [0.5, 0.6) is 0 Å². The maximum Gasteiger partial charge on any atom is 0.224 e. The van der Waals surface area contributed by atoms with Gasteiger partial charge in [0.25, 0.3) is 0 Å². The van der Waals surface area contributed by atoms with E-state index < -0.39 is 0 Å². The van der Waals surface area contributed by atoms with Crippen molar-refractivity contribution < 1.29 is 4.79 Å². The summed E-state index contributed by atoms with van der Waals surface area (Å²) < 4.78 is 0. The first-order chi connectivity index (χ1) is 8.69. The minimum Gasteiger partial charge on any atom is -0.343 e. The molecule has 104 valence electrons. The van der Waals surface area contributed by atoms with Crippen molar-refractivity contribution in [1.82, 2.24) is 9.80 Å². The summed E-state index contributed by atoms with van der Waals surface area (Å²) in [5.41, 5.74) is 5.90. The summed E-state index contributed by atoms with van der Waals surface area (Å²) in [5, 5.41) is 0. The third-order valence-corrected chi connectivity index (χ3v) is 4.72. The van der Waals surface area contributed by atoms with Crippen LogP contribution in [0.3, 0.4) is 0 Å². The molecule has 18 heavy (non-hydrogen) atoms. The standard InChI is InChI=1S/C14H27N3O/c1-3-16(4-2)14(18)8-13(9-15)17-10-11-5-6-12(17)7-11/h11-13H,3-10,15H2,1-2H3. The van der Waals surface area contributed by atoms with Crippen molar-refractivity contribution in [3.05, 3.63) is 0 Å². The highest BCUT2D eigenvalue weighted by Crippen LogP contribution is 2.38. The van der Waals surface area contributed by atoms with Gasteiger partial charge in [-0.3, -0.25) is 9.69 Å². The van der Waals surface area contributed by atoms with Crippen molar-refractivity contribution in [1.29, 1.82) is 0 Å². The lowest BCUT2D eigenvalue weighted by Gasteiger charge is -2.35. The normalized spacial score (nSPS) is 28.6. The summed E-state index contributed by atoms with van der Waals surface area (Å²) in [6.07, 6.45) is 4.61. The van der Waals surface area contributed by atoms with E-state index in [0.29, 0.717) is 19.0 Å². The summed E-state index contributed by atoms with van der Waals surface area (Å²) in [7, 11) is 0. The van der Waals surface area contributed by atoms with E-state index in [9.17, 15) is 4.79 Å². The summed E-state index contributed by atoms with van der Waals surface area (Å²) in [6.45, 7) is 7.46. The quantitative estimate of drug-likeness (QED) is 0.770. The molecular weight excluding hydrogens is 226 g/mol. The van der Waals surface area contributed by atoms with Gasteiger partial charge in [0, 0.05) is 44.7 Å². The zero-order valence-electron chi connectivity index (χ0n) is 11.8. The fraction of sp³-hybridized carbons (Fsp3) is 0.929. The van der Waals surface area contributed by atoms with E-state index in [1.54, 1.807) is 0 Å². The lowest BCUT2D eigenvalue weighted by Crippen LogP contribution is -2.48. The molecule has 3 unspecified atom stereocenters. The smallest absolute Gasteiger partial charge is 0.224 e. The Morgan fingerprint density at radius 3 is 2.56 bits per heavy atom. The Hall–Kier alpha value is -0.610. The van der Waals surface area contributed by atoms with Crippen molar-refractivity contribution in [3.8, 4) is 0 Å². The van der Waals surface area contributed by atoms with Crippen LogP contribution in [0, 0.1) is 5.92 Å². The van der Waals surface area contributed by atoms with E-state index in [-0.39, 0.29) is 11.9 Å². The van der Waals surface area contributed by atoms with Crippen LogP contribution in [0.4, 0.5) is 0 Å². The van der Waals surface area contributed by atoms with Crippen molar-refractivity contribution >= 4 is 5.91 Å². The zero-order chi connectivity index (χ0) is 13.1. The topological polar surface area (TPSA) is 49.6 Å². The van der Waals surface area contributed by atoms with Gasteiger partial charge in [0.2, 0.25) is 5.91 Å². The fourth-order valence-electron chi connectivity index (χ4n) is 3.65. The summed E-state index contributed by atoms with van der Waals surface area (Å²) >= 11 is 0. The highest BCUT2D eigenvalue weighted by atomic mass is 16.2. The van der Waals surface area contributed by atoms with Crippen molar-refractivity contribution in [3.63, 3.8) is 0 Å². The number of carbonyl (C=O) groups is 1. The minimum absolute atomic E-state index is 0.258. The van der Waals surface area contributed by atoms with Gasteiger partial charge in [-0.25, -0.2) is 0 Å². The van der Waals surface area contributed by atoms with Crippen LogP contribution in [-0.4, -0.2) is 54.0 Å². The number of fused-ring (bicyclic) bond motifs is 2. The average Bonchev–Trinajstić information content (AvgIpc) is 2.99. The second-order valence-electron chi connectivity index (χ2n) is 5.69. The number of hydrogen-bond acceptors (Lipinski definition) is 3. The maximum absolute atomic E-state index is 12.2. The molecule has 0 aromatic carbocycles. The van der Waals surface area contributed by atoms with Crippen LogP contribution in [-0.2, 0) is 4.79 Å². The van der Waals surface area contributed by atoms with Crippen molar-refractivity contribution in [2.45, 2.75) is 51.6 Å². The first-order valence-electron chi connectivity index (χ1n) is 7.43. The Morgan fingerprint density at radius 2 is 2.11 bits per heavy atom. The van der Waals surface area contributed by atoms with E-state index in [4.69, 9.17) is 5.73 Å². The number of nitrogens with zero attached hydrogens (tertiary/aromatic N) is 2. The van der Waals surface area contributed by atoms with E-state index in [2.05, 4.69) is 4.90 Å². The molecule has 0 aromatic heterocycles. The van der Waals surface area contributed by atoms with Crippen molar-refractivity contribution in [2.75, 3.05) is 26.2 Å². The zero-order valence-corrected chi connectivity index (χ0v) is 11.8. The highest BCUT2D eigenvalue weighted by Gasteiger charge is 2.41. The number of carbonyl (C=O) groups excluding carboxylic acids is 1. The fourth-order valence-corrected chi connectivity index (χ4v) is 3.65. The Bertz CT molecular complexity index is 291. The van der Waals surface area contributed by atoms with Gasteiger partial charge < -0.3 is 10.6 Å². The number of hydrogen-bond donors (Lipinski definition) is 1. The molecule has 1 saturated carbocycles. The lowest BCUT2D eigenvalue weighted by atomic mass is 10.1. The van der Waals surface area contributed by atoms with Crippen molar-refractivity contribution in [2.24, 2.45) is 11.7 Å². The second kappa shape index (κ2) is 6.02. The highest BCUT2D eigenvalue weighted by molar-refractivity contribution is 5.76. The van der Waals surface area contributed by atoms with Crippen LogP contribution in [0.15, 0.2) is 0 Å². The predicted octanol–water partition coefficient (Wildman–Crippen LogP) is 1.06. The summed E-state index contributed by atoms with van der Waals surface area (Å²) in [5.74, 6) is 1.13. The van der Waals surface area contributed by atoms with Crippen LogP contribution in [0.25, 0.3) is 0 Å². The summed E-state index contributed by atoms with van der Waals surface area (Å²) in [6, 6.07) is 0.960. The first kappa shape index (κ1) is 13.8. The first-order valence-corrected chi connectivity index (χ1v) is 7.43. The van der Waals surface area contributed by atoms with E-state index in [1.807, 2.05) is 18.7 Å². The maximum atomic E-state index is 12.2. The minimum atomic E-state index is 0.258. The number of likely N-dealkylation sites (tertiary alicyclic amines) is 1. The Kier molecular flexibility index (Phi) is 4.62. The largest absolute Gasteiger partial charge is 0.343 e. The van der Waals surface area contributed by atoms with Gasteiger partial charge in [0.1, 0.15) is 0 Å². The SMILES string of the molecule is CCN(CC)C(=O)CC(CN)N1CC2CCC1C2. The molecule has 4 nitrogen and oxygen atoms in total. The third kappa shape index (κ3) is 2.69. The molecule has 2 bridgehead atoms. The predicted molar refractivity (Wildman–Crippen MR) is 73.2 cm³/mol. The lowest BCUT2D eigenvalue weighted by molar-refractivity contribution is -0.132. The summed E-state index contributed by atoms with van der Waals surface area (Å²) in [4.78, 5) is 16.6. The molecule has 1 saturated heterocycles. The number of piperidine rings is 1. The number of amides is 1. The molecule has 2 rings (SSSR count).